The Kier molecular flexibility index (Phi) is 5.39. The van der Waals surface area contributed by atoms with Crippen molar-refractivity contribution in [3.63, 3.8) is 0 Å². The van der Waals surface area contributed by atoms with E-state index in [2.05, 4.69) is 26.6 Å². The van der Waals surface area contributed by atoms with Crippen molar-refractivity contribution in [3.05, 3.63) is 28.7 Å². The summed E-state index contributed by atoms with van der Waals surface area (Å²) in [5.41, 5.74) is 0. The second-order valence-corrected chi connectivity index (χ2v) is 5.90. The molecule has 1 amide bonds. The van der Waals surface area contributed by atoms with Gasteiger partial charge >= 0.3 is 0 Å². The zero-order valence-electron chi connectivity index (χ0n) is 11.3. The van der Waals surface area contributed by atoms with Crippen molar-refractivity contribution in [1.82, 2.24) is 10.6 Å². The lowest BCUT2D eigenvalue weighted by atomic mass is 10.2. The molecule has 2 rings (SSSR count). The molecule has 1 aromatic carbocycles. The van der Waals surface area contributed by atoms with Crippen LogP contribution in [0.3, 0.4) is 0 Å². The lowest BCUT2D eigenvalue weighted by Crippen LogP contribution is -2.43. The molecule has 20 heavy (non-hydrogen) atoms. The third-order valence-corrected chi connectivity index (χ3v) is 3.61. The summed E-state index contributed by atoms with van der Waals surface area (Å²) in [5, 5.41) is 15.2. The van der Waals surface area contributed by atoms with Crippen LogP contribution in [0.1, 0.15) is 13.3 Å². The molecule has 0 saturated carbocycles. The zero-order valence-corrected chi connectivity index (χ0v) is 12.9. The maximum Gasteiger partial charge on any atom is 0.237 e. The van der Waals surface area contributed by atoms with Gasteiger partial charge < -0.3 is 20.5 Å². The van der Waals surface area contributed by atoms with E-state index in [0.29, 0.717) is 19.5 Å². The Labute approximate surface area is 126 Å². The van der Waals surface area contributed by atoms with E-state index in [1.165, 1.54) is 0 Å². The monoisotopic (exact) mass is 342 g/mol. The molecule has 6 heteroatoms. The zero-order chi connectivity index (χ0) is 14.5. The van der Waals surface area contributed by atoms with Crippen LogP contribution in [0.4, 0.5) is 0 Å². The molecule has 0 aromatic heterocycles. The molecule has 3 unspecified atom stereocenters. The number of aliphatic hydroxyl groups excluding tert-OH is 1. The highest BCUT2D eigenvalue weighted by molar-refractivity contribution is 9.10. The number of halogens is 1. The fourth-order valence-corrected chi connectivity index (χ4v) is 2.48. The molecule has 0 bridgehead atoms. The summed E-state index contributed by atoms with van der Waals surface area (Å²) in [6, 6.07) is 7.28. The number of hydrogen-bond donors (Lipinski definition) is 3. The van der Waals surface area contributed by atoms with Crippen molar-refractivity contribution in [2.45, 2.75) is 31.6 Å². The van der Waals surface area contributed by atoms with Crippen molar-refractivity contribution in [2.75, 3.05) is 13.1 Å². The highest BCUT2D eigenvalue weighted by Gasteiger charge is 2.27. The van der Waals surface area contributed by atoms with Crippen LogP contribution in [0, 0.1) is 0 Å². The van der Waals surface area contributed by atoms with Gasteiger partial charge in [-0.2, -0.15) is 0 Å². The molecule has 110 valence electrons. The van der Waals surface area contributed by atoms with E-state index in [-0.39, 0.29) is 18.1 Å². The summed E-state index contributed by atoms with van der Waals surface area (Å²) in [7, 11) is 0. The Balaban J connectivity index is 1.75. The smallest absolute Gasteiger partial charge is 0.237 e. The largest absolute Gasteiger partial charge is 0.489 e. The van der Waals surface area contributed by atoms with Gasteiger partial charge in [0.1, 0.15) is 11.9 Å². The van der Waals surface area contributed by atoms with Gasteiger partial charge in [0.2, 0.25) is 5.91 Å². The molecule has 5 nitrogen and oxygen atoms in total. The van der Waals surface area contributed by atoms with Gasteiger partial charge in [-0.15, -0.1) is 0 Å². The standard InChI is InChI=1S/C14H19BrN2O3/c1-9(20-12-4-2-3-10(15)5-12)7-17-14(19)13-6-11(18)8-16-13/h2-5,9,11,13,16,18H,6-8H2,1H3,(H,17,19). The highest BCUT2D eigenvalue weighted by Crippen LogP contribution is 2.18. The number of nitrogens with one attached hydrogen (secondary N) is 2. The van der Waals surface area contributed by atoms with E-state index in [0.717, 1.165) is 10.2 Å². The van der Waals surface area contributed by atoms with Gasteiger partial charge in [-0.3, -0.25) is 4.79 Å². The van der Waals surface area contributed by atoms with Gasteiger partial charge in [-0.05, 0) is 31.5 Å². The minimum absolute atomic E-state index is 0.0914. The van der Waals surface area contributed by atoms with E-state index in [4.69, 9.17) is 4.74 Å². The summed E-state index contributed by atoms with van der Waals surface area (Å²) in [6.07, 6.45) is -0.0900. The topological polar surface area (TPSA) is 70.6 Å². The van der Waals surface area contributed by atoms with E-state index < -0.39 is 6.10 Å². The number of amides is 1. The number of β-amino-alcohol motifs (C(OH)–C–C–N with tert-alkyl or cyclic N) is 1. The van der Waals surface area contributed by atoms with Crippen molar-refractivity contribution in [1.29, 1.82) is 0 Å². The lowest BCUT2D eigenvalue weighted by molar-refractivity contribution is -0.123. The number of ether oxygens (including phenoxy) is 1. The van der Waals surface area contributed by atoms with Gasteiger partial charge in [0, 0.05) is 11.0 Å². The predicted molar refractivity (Wildman–Crippen MR) is 79.7 cm³/mol. The van der Waals surface area contributed by atoms with E-state index in [9.17, 15) is 9.90 Å². The Hall–Kier alpha value is -1.11. The summed E-state index contributed by atoms with van der Waals surface area (Å²) in [4.78, 5) is 11.9. The fraction of sp³-hybridized carbons (Fsp3) is 0.500. The van der Waals surface area contributed by atoms with E-state index >= 15 is 0 Å². The van der Waals surface area contributed by atoms with E-state index in [1.54, 1.807) is 0 Å². The summed E-state index contributed by atoms with van der Waals surface area (Å²) < 4.78 is 6.67. The molecule has 3 N–H and O–H groups in total. The molecule has 0 radical (unpaired) electrons. The molecule has 1 fully saturated rings. The molecule has 1 aliphatic heterocycles. The third-order valence-electron chi connectivity index (χ3n) is 3.12. The quantitative estimate of drug-likeness (QED) is 0.748. The van der Waals surface area contributed by atoms with Gasteiger partial charge in [-0.1, -0.05) is 22.0 Å². The molecular formula is C14H19BrN2O3. The second-order valence-electron chi connectivity index (χ2n) is 4.98. The average Bonchev–Trinajstić information content (AvgIpc) is 2.83. The highest BCUT2D eigenvalue weighted by atomic mass is 79.9. The first-order valence-corrected chi connectivity index (χ1v) is 7.45. The lowest BCUT2D eigenvalue weighted by Gasteiger charge is -2.17. The third kappa shape index (κ3) is 4.47. The van der Waals surface area contributed by atoms with Crippen LogP contribution in [0.2, 0.25) is 0 Å². The molecule has 3 atom stereocenters. The fourth-order valence-electron chi connectivity index (χ4n) is 2.10. The SMILES string of the molecule is CC(CNC(=O)C1CC(O)CN1)Oc1cccc(Br)c1. The molecule has 1 aromatic rings. The van der Waals surface area contributed by atoms with Gasteiger partial charge in [-0.25, -0.2) is 0 Å². The molecule has 1 saturated heterocycles. The van der Waals surface area contributed by atoms with Crippen LogP contribution in [0.25, 0.3) is 0 Å². The summed E-state index contributed by atoms with van der Waals surface area (Å²) in [5.74, 6) is 0.668. The van der Waals surface area contributed by atoms with E-state index in [1.807, 2.05) is 31.2 Å². The second kappa shape index (κ2) is 7.06. The van der Waals surface area contributed by atoms with Gasteiger partial charge in [0.05, 0.1) is 18.7 Å². The van der Waals surface area contributed by atoms with Gasteiger partial charge in [0.25, 0.3) is 0 Å². The van der Waals surface area contributed by atoms with Crippen molar-refractivity contribution in [2.24, 2.45) is 0 Å². The van der Waals surface area contributed by atoms with Crippen LogP contribution in [0.15, 0.2) is 28.7 Å². The summed E-state index contributed by atoms with van der Waals surface area (Å²) in [6.45, 7) is 2.81. The van der Waals surface area contributed by atoms with Crippen LogP contribution in [0.5, 0.6) is 5.75 Å². The Morgan fingerprint density at radius 3 is 3.10 bits per heavy atom. The Bertz CT molecular complexity index is 469. The normalized spacial score (nSPS) is 23.4. The Morgan fingerprint density at radius 1 is 1.65 bits per heavy atom. The number of hydrogen-bond acceptors (Lipinski definition) is 4. The first-order valence-electron chi connectivity index (χ1n) is 6.66. The minimum Gasteiger partial charge on any atom is -0.489 e. The van der Waals surface area contributed by atoms with Crippen molar-refractivity contribution in [3.8, 4) is 5.75 Å². The number of carbonyl (C=O) groups is 1. The number of benzene rings is 1. The molecule has 0 spiro atoms. The van der Waals surface area contributed by atoms with Crippen LogP contribution >= 0.6 is 15.9 Å². The predicted octanol–water partition coefficient (Wildman–Crippen LogP) is 1.06. The average molecular weight is 343 g/mol. The number of aliphatic hydroxyl groups is 1. The van der Waals surface area contributed by atoms with Crippen molar-refractivity contribution >= 4 is 21.8 Å². The van der Waals surface area contributed by atoms with Crippen LogP contribution < -0.4 is 15.4 Å². The molecule has 1 heterocycles. The molecule has 0 aliphatic carbocycles. The number of carbonyl (C=O) groups excluding carboxylic acids is 1. The van der Waals surface area contributed by atoms with Crippen LogP contribution in [-0.4, -0.2) is 42.4 Å². The maximum absolute atomic E-state index is 11.9. The van der Waals surface area contributed by atoms with Gasteiger partial charge in [0.15, 0.2) is 0 Å². The Morgan fingerprint density at radius 2 is 2.45 bits per heavy atom. The number of rotatable bonds is 5. The maximum atomic E-state index is 11.9. The van der Waals surface area contributed by atoms with Crippen molar-refractivity contribution < 1.29 is 14.6 Å². The minimum atomic E-state index is -0.430. The van der Waals surface area contributed by atoms with Crippen LogP contribution in [-0.2, 0) is 4.79 Å². The first kappa shape index (κ1) is 15.3. The summed E-state index contributed by atoms with van der Waals surface area (Å²) >= 11 is 3.38. The molecular weight excluding hydrogens is 324 g/mol. The first-order chi connectivity index (χ1) is 9.54. The molecule has 1 aliphatic rings.